The Bertz CT molecular complexity index is 694. The average molecular weight is 356 g/mol. The molecule has 2 amide bonds. The van der Waals surface area contributed by atoms with Crippen molar-refractivity contribution in [2.24, 2.45) is 0 Å². The fourth-order valence-electron chi connectivity index (χ4n) is 3.33. The Morgan fingerprint density at radius 1 is 1.38 bits per heavy atom. The lowest BCUT2D eigenvalue weighted by atomic mass is 9.94. The van der Waals surface area contributed by atoms with E-state index in [2.05, 4.69) is 10.5 Å². The summed E-state index contributed by atoms with van der Waals surface area (Å²) in [5.41, 5.74) is 0.876. The van der Waals surface area contributed by atoms with Crippen LogP contribution in [0.2, 0.25) is 0 Å². The number of aromatic nitrogens is 1. The van der Waals surface area contributed by atoms with Crippen molar-refractivity contribution in [2.75, 3.05) is 32.4 Å². The van der Waals surface area contributed by atoms with E-state index < -0.39 is 10.0 Å². The van der Waals surface area contributed by atoms with Crippen molar-refractivity contribution in [3.8, 4) is 0 Å². The summed E-state index contributed by atoms with van der Waals surface area (Å²) in [4.78, 5) is 14.1. The molecule has 1 unspecified atom stereocenters. The number of carbonyl (C=O) groups excluding carboxylic acids is 1. The van der Waals surface area contributed by atoms with Gasteiger partial charge in [-0.2, -0.15) is 0 Å². The zero-order valence-electron chi connectivity index (χ0n) is 14.1. The van der Waals surface area contributed by atoms with Gasteiger partial charge in [-0.25, -0.2) is 17.5 Å². The van der Waals surface area contributed by atoms with E-state index in [0.29, 0.717) is 32.0 Å². The molecular formula is C15H24N4O4S. The maximum atomic E-state index is 12.3. The number of amides is 2. The van der Waals surface area contributed by atoms with Gasteiger partial charge in [0.25, 0.3) is 0 Å². The number of nitrogens with zero attached hydrogens (tertiary/aromatic N) is 3. The number of rotatable bonds is 3. The summed E-state index contributed by atoms with van der Waals surface area (Å²) in [6, 6.07) is 1.69. The molecular weight excluding hydrogens is 332 g/mol. The third-order valence-electron chi connectivity index (χ3n) is 4.98. The van der Waals surface area contributed by atoms with Crippen molar-refractivity contribution in [3.63, 3.8) is 0 Å². The van der Waals surface area contributed by atoms with Crippen molar-refractivity contribution in [2.45, 2.75) is 38.1 Å². The van der Waals surface area contributed by atoms with E-state index in [1.54, 1.807) is 11.9 Å². The van der Waals surface area contributed by atoms with Crippen LogP contribution in [0.5, 0.6) is 0 Å². The number of piperidine rings is 1. The molecule has 0 bridgehead atoms. The Hall–Kier alpha value is -1.61. The molecule has 0 aromatic carbocycles. The second-order valence-electron chi connectivity index (χ2n) is 6.59. The number of hydrogen-bond acceptors (Lipinski definition) is 5. The maximum absolute atomic E-state index is 12.3. The van der Waals surface area contributed by atoms with Crippen LogP contribution in [0.3, 0.4) is 0 Å². The zero-order chi connectivity index (χ0) is 17.3. The largest absolute Gasteiger partial charge is 0.361 e. The highest BCUT2D eigenvalue weighted by atomic mass is 32.2. The number of likely N-dealkylation sites (N-methyl/N-ethyl adjacent to an activating group) is 1. The van der Waals surface area contributed by atoms with Crippen LogP contribution in [0, 0.1) is 6.92 Å². The maximum Gasteiger partial charge on any atom is 0.317 e. The van der Waals surface area contributed by atoms with Crippen LogP contribution in [0.25, 0.3) is 0 Å². The summed E-state index contributed by atoms with van der Waals surface area (Å²) in [5.74, 6) is 1.36. The molecule has 0 spiro atoms. The molecule has 3 rings (SSSR count). The summed E-state index contributed by atoms with van der Waals surface area (Å²) < 4.78 is 30.0. The van der Waals surface area contributed by atoms with Crippen LogP contribution in [-0.2, 0) is 10.0 Å². The van der Waals surface area contributed by atoms with Gasteiger partial charge in [0.05, 0.1) is 11.4 Å². The number of likely N-dealkylation sites (tertiary alicyclic amines) is 1. The highest BCUT2D eigenvalue weighted by Crippen LogP contribution is 2.28. The van der Waals surface area contributed by atoms with E-state index in [0.717, 1.165) is 24.3 Å². The zero-order valence-corrected chi connectivity index (χ0v) is 14.9. The van der Waals surface area contributed by atoms with Gasteiger partial charge in [0.2, 0.25) is 10.0 Å². The molecule has 0 radical (unpaired) electrons. The first kappa shape index (κ1) is 17.2. The minimum atomic E-state index is -3.13. The summed E-state index contributed by atoms with van der Waals surface area (Å²) in [6.07, 6.45) is 2.26. The van der Waals surface area contributed by atoms with Crippen molar-refractivity contribution >= 4 is 16.1 Å². The molecule has 0 aliphatic carbocycles. The standard InChI is InChI=1S/C15H24N4O4S/c1-11-9-14(23-17-11)12-3-6-19(7-4-12)15(20)16-10-13-5-8-24(21,22)18(13)2/h9,12-13H,3-8,10H2,1-2H3,(H,16,20). The van der Waals surface area contributed by atoms with Crippen LogP contribution in [0.1, 0.15) is 36.6 Å². The number of carbonyl (C=O) groups is 1. The lowest BCUT2D eigenvalue weighted by molar-refractivity contribution is 0.174. The molecule has 2 fully saturated rings. The molecule has 2 aliphatic rings. The van der Waals surface area contributed by atoms with Gasteiger partial charge in [0.1, 0.15) is 5.76 Å². The minimum absolute atomic E-state index is 0.125. The average Bonchev–Trinajstić information content (AvgIpc) is 3.10. The van der Waals surface area contributed by atoms with Crippen molar-refractivity contribution in [1.29, 1.82) is 0 Å². The molecule has 2 aliphatic heterocycles. The Morgan fingerprint density at radius 2 is 2.08 bits per heavy atom. The van der Waals surface area contributed by atoms with Crippen LogP contribution < -0.4 is 5.32 Å². The number of hydrogen-bond donors (Lipinski definition) is 1. The van der Waals surface area contributed by atoms with E-state index in [4.69, 9.17) is 4.52 Å². The molecule has 1 N–H and O–H groups in total. The summed E-state index contributed by atoms with van der Waals surface area (Å²) in [7, 11) is -1.56. The molecule has 1 aromatic rings. The Labute approximate surface area is 142 Å². The molecule has 134 valence electrons. The Kier molecular flexibility index (Phi) is 4.82. The lowest BCUT2D eigenvalue weighted by Gasteiger charge is -2.31. The smallest absolute Gasteiger partial charge is 0.317 e. The molecule has 1 atom stereocenters. The topological polar surface area (TPSA) is 95.8 Å². The van der Waals surface area contributed by atoms with Crippen molar-refractivity contribution in [1.82, 2.24) is 19.7 Å². The van der Waals surface area contributed by atoms with Crippen molar-refractivity contribution in [3.05, 3.63) is 17.5 Å². The van der Waals surface area contributed by atoms with Crippen LogP contribution in [-0.4, -0.2) is 67.3 Å². The predicted molar refractivity (Wildman–Crippen MR) is 88.1 cm³/mol. The number of nitrogens with one attached hydrogen (secondary N) is 1. The van der Waals surface area contributed by atoms with Crippen LogP contribution in [0.15, 0.2) is 10.6 Å². The summed E-state index contributed by atoms with van der Waals surface area (Å²) in [6.45, 7) is 3.58. The van der Waals surface area contributed by atoms with Gasteiger partial charge in [-0.15, -0.1) is 0 Å². The third-order valence-corrected chi connectivity index (χ3v) is 6.91. The second kappa shape index (κ2) is 6.72. The Balaban J connectivity index is 1.46. The van der Waals surface area contributed by atoms with Crippen molar-refractivity contribution < 1.29 is 17.7 Å². The molecule has 0 saturated carbocycles. The van der Waals surface area contributed by atoms with Gasteiger partial charge in [0, 0.05) is 44.7 Å². The van der Waals surface area contributed by atoms with Gasteiger partial charge in [-0.1, -0.05) is 5.16 Å². The van der Waals surface area contributed by atoms with Gasteiger partial charge in [-0.05, 0) is 26.2 Å². The van der Waals surface area contributed by atoms with Gasteiger partial charge < -0.3 is 14.7 Å². The number of sulfonamides is 1. The van der Waals surface area contributed by atoms with Crippen LogP contribution in [0.4, 0.5) is 4.79 Å². The van der Waals surface area contributed by atoms with E-state index in [1.165, 1.54) is 4.31 Å². The normalized spacial score (nSPS) is 25.1. The molecule has 24 heavy (non-hydrogen) atoms. The molecule has 3 heterocycles. The highest BCUT2D eigenvalue weighted by Gasteiger charge is 2.34. The van der Waals surface area contributed by atoms with E-state index >= 15 is 0 Å². The SMILES string of the molecule is Cc1cc(C2CCN(C(=O)NCC3CCS(=O)(=O)N3C)CC2)on1. The lowest BCUT2D eigenvalue weighted by Crippen LogP contribution is -2.47. The van der Waals surface area contributed by atoms with Gasteiger partial charge in [-0.3, -0.25) is 0 Å². The summed E-state index contributed by atoms with van der Waals surface area (Å²) in [5, 5.41) is 6.78. The minimum Gasteiger partial charge on any atom is -0.361 e. The second-order valence-corrected chi connectivity index (χ2v) is 8.74. The quantitative estimate of drug-likeness (QED) is 0.868. The van der Waals surface area contributed by atoms with E-state index in [-0.39, 0.29) is 17.8 Å². The first-order valence-corrected chi connectivity index (χ1v) is 9.89. The molecule has 1 aromatic heterocycles. The third kappa shape index (κ3) is 3.56. The summed E-state index contributed by atoms with van der Waals surface area (Å²) >= 11 is 0. The van der Waals surface area contributed by atoms with E-state index in [1.807, 2.05) is 13.0 Å². The number of urea groups is 1. The fraction of sp³-hybridized carbons (Fsp3) is 0.733. The number of aryl methyl sites for hydroxylation is 1. The monoisotopic (exact) mass is 356 g/mol. The fourth-order valence-corrected chi connectivity index (χ4v) is 4.82. The molecule has 9 heteroatoms. The Morgan fingerprint density at radius 3 is 2.62 bits per heavy atom. The highest BCUT2D eigenvalue weighted by molar-refractivity contribution is 7.89. The molecule has 2 saturated heterocycles. The van der Waals surface area contributed by atoms with E-state index in [9.17, 15) is 13.2 Å². The van der Waals surface area contributed by atoms with Gasteiger partial charge >= 0.3 is 6.03 Å². The predicted octanol–water partition coefficient (Wildman–Crippen LogP) is 0.906. The van der Waals surface area contributed by atoms with Crippen LogP contribution >= 0.6 is 0 Å². The first-order valence-electron chi connectivity index (χ1n) is 8.28. The molecule has 8 nitrogen and oxygen atoms in total. The van der Waals surface area contributed by atoms with Gasteiger partial charge in [0.15, 0.2) is 0 Å². The first-order chi connectivity index (χ1) is 11.4.